The topological polar surface area (TPSA) is 66.5 Å². The second-order valence-corrected chi connectivity index (χ2v) is 7.53. The van der Waals surface area contributed by atoms with Crippen LogP contribution >= 0.6 is 23.2 Å². The predicted molar refractivity (Wildman–Crippen MR) is 96.0 cm³/mol. The summed E-state index contributed by atoms with van der Waals surface area (Å²) < 4.78 is 0. The Morgan fingerprint density at radius 3 is 2.16 bits per heavy atom. The van der Waals surface area contributed by atoms with Crippen molar-refractivity contribution < 1.29 is 14.4 Å². The van der Waals surface area contributed by atoms with Crippen LogP contribution in [0.25, 0.3) is 0 Å². The maximum Gasteiger partial charge on any atom is 0.262 e. The molecule has 1 aromatic rings. The highest BCUT2D eigenvalue weighted by molar-refractivity contribution is 6.43. The molecular weight excluding hydrogens is 363 g/mol. The van der Waals surface area contributed by atoms with Gasteiger partial charge in [0.05, 0.1) is 21.2 Å². The van der Waals surface area contributed by atoms with Crippen LogP contribution in [-0.2, 0) is 4.79 Å². The van der Waals surface area contributed by atoms with E-state index in [9.17, 15) is 14.4 Å². The fourth-order valence-electron chi connectivity index (χ4n) is 3.51. The fraction of sp³-hybridized carbons (Fsp3) is 0.500. The molecule has 7 heteroatoms. The fourth-order valence-corrected chi connectivity index (χ4v) is 3.83. The smallest absolute Gasteiger partial charge is 0.262 e. The average Bonchev–Trinajstić information content (AvgIpc) is 2.84. The molecule has 1 aliphatic carbocycles. The van der Waals surface area contributed by atoms with Crippen molar-refractivity contribution in [3.8, 4) is 0 Å². The molecule has 1 N–H and O–H groups in total. The first-order valence-electron chi connectivity index (χ1n) is 8.54. The van der Waals surface area contributed by atoms with Crippen molar-refractivity contribution in [3.63, 3.8) is 0 Å². The minimum absolute atomic E-state index is 0.186. The van der Waals surface area contributed by atoms with Crippen LogP contribution in [0.4, 0.5) is 0 Å². The average molecular weight is 383 g/mol. The van der Waals surface area contributed by atoms with Gasteiger partial charge in [-0.3, -0.25) is 19.3 Å². The van der Waals surface area contributed by atoms with Gasteiger partial charge in [0, 0.05) is 6.54 Å². The molecule has 0 unspecified atom stereocenters. The second-order valence-electron chi connectivity index (χ2n) is 6.72. The molecule has 1 atom stereocenters. The summed E-state index contributed by atoms with van der Waals surface area (Å²) in [6.07, 6.45) is 5.85. The monoisotopic (exact) mass is 382 g/mol. The van der Waals surface area contributed by atoms with Crippen molar-refractivity contribution >= 4 is 40.9 Å². The number of benzene rings is 1. The molecule has 1 aliphatic heterocycles. The summed E-state index contributed by atoms with van der Waals surface area (Å²) in [6.45, 7) is 2.14. The molecule has 1 heterocycles. The van der Waals surface area contributed by atoms with Gasteiger partial charge < -0.3 is 5.32 Å². The van der Waals surface area contributed by atoms with Crippen LogP contribution in [0.1, 0.15) is 59.7 Å². The molecule has 0 bridgehead atoms. The van der Waals surface area contributed by atoms with E-state index in [0.717, 1.165) is 17.7 Å². The van der Waals surface area contributed by atoms with E-state index in [1.54, 1.807) is 6.92 Å². The zero-order valence-electron chi connectivity index (χ0n) is 14.0. The van der Waals surface area contributed by atoms with Crippen LogP contribution in [0.2, 0.25) is 10.0 Å². The first-order chi connectivity index (χ1) is 11.9. The lowest BCUT2D eigenvalue weighted by Crippen LogP contribution is -2.48. The number of fused-ring (bicyclic) bond motifs is 1. The van der Waals surface area contributed by atoms with Gasteiger partial charge in [0.2, 0.25) is 5.91 Å². The maximum absolute atomic E-state index is 12.5. The number of hydrogen-bond acceptors (Lipinski definition) is 3. The van der Waals surface area contributed by atoms with Crippen molar-refractivity contribution in [2.45, 2.75) is 45.1 Å². The van der Waals surface area contributed by atoms with Crippen molar-refractivity contribution in [2.24, 2.45) is 5.92 Å². The van der Waals surface area contributed by atoms with Crippen LogP contribution in [0.5, 0.6) is 0 Å². The molecule has 1 aromatic carbocycles. The Hall–Kier alpha value is -1.59. The van der Waals surface area contributed by atoms with Crippen molar-refractivity contribution in [3.05, 3.63) is 33.3 Å². The molecule has 5 nitrogen and oxygen atoms in total. The Morgan fingerprint density at radius 2 is 1.64 bits per heavy atom. The van der Waals surface area contributed by atoms with Crippen molar-refractivity contribution in [1.82, 2.24) is 10.2 Å². The lowest BCUT2D eigenvalue weighted by Gasteiger charge is -2.25. The number of carbonyl (C=O) groups is 3. The standard InChI is InChI=1S/C18H20Cl2N2O3/c1-10(16(23)21-9-11-5-3-2-4-6-11)22-17(24)12-7-14(19)15(20)8-13(12)18(22)25/h7-8,10-11H,2-6,9H2,1H3,(H,21,23)/t10-/m0/s1. The number of nitrogens with one attached hydrogen (secondary N) is 1. The highest BCUT2D eigenvalue weighted by Crippen LogP contribution is 2.32. The lowest BCUT2D eigenvalue weighted by molar-refractivity contribution is -0.124. The molecule has 0 saturated heterocycles. The number of nitrogens with zero attached hydrogens (tertiary/aromatic N) is 1. The van der Waals surface area contributed by atoms with Gasteiger partial charge in [0.15, 0.2) is 0 Å². The van der Waals surface area contributed by atoms with Gasteiger partial charge in [-0.2, -0.15) is 0 Å². The molecule has 25 heavy (non-hydrogen) atoms. The molecule has 2 aliphatic rings. The normalized spacial score (nSPS) is 19.1. The summed E-state index contributed by atoms with van der Waals surface area (Å²) in [5.41, 5.74) is 0.373. The highest BCUT2D eigenvalue weighted by atomic mass is 35.5. The molecule has 3 rings (SSSR count). The van der Waals surface area contributed by atoms with Crippen molar-refractivity contribution in [2.75, 3.05) is 6.54 Å². The zero-order valence-corrected chi connectivity index (χ0v) is 15.5. The number of hydrogen-bond donors (Lipinski definition) is 1. The molecule has 0 spiro atoms. The van der Waals surface area contributed by atoms with Gasteiger partial charge >= 0.3 is 0 Å². The summed E-state index contributed by atoms with van der Waals surface area (Å²) in [5.74, 6) is -0.875. The first kappa shape index (κ1) is 18.2. The van der Waals surface area contributed by atoms with E-state index in [-0.39, 0.29) is 27.1 Å². The Labute approximate surface area is 156 Å². The Morgan fingerprint density at radius 1 is 1.12 bits per heavy atom. The summed E-state index contributed by atoms with van der Waals surface area (Å²) >= 11 is 11.9. The van der Waals surface area contributed by atoms with Gasteiger partial charge in [0.25, 0.3) is 11.8 Å². The summed E-state index contributed by atoms with van der Waals surface area (Å²) in [5, 5.41) is 3.30. The van der Waals surface area contributed by atoms with Crippen LogP contribution < -0.4 is 5.32 Å². The van der Waals surface area contributed by atoms with E-state index < -0.39 is 17.9 Å². The summed E-state index contributed by atoms with van der Waals surface area (Å²) in [6, 6.07) is 1.88. The number of amides is 3. The SMILES string of the molecule is C[C@@H](C(=O)NCC1CCCCC1)N1C(=O)c2cc(Cl)c(Cl)cc2C1=O. The van der Waals surface area contributed by atoms with Crippen LogP contribution in [0.15, 0.2) is 12.1 Å². The van der Waals surface area contributed by atoms with E-state index in [1.807, 2.05) is 0 Å². The Bertz CT molecular complexity index is 688. The third kappa shape index (κ3) is 3.53. The molecule has 0 radical (unpaired) electrons. The zero-order chi connectivity index (χ0) is 18.1. The molecular formula is C18H20Cl2N2O3. The number of halogens is 2. The third-order valence-corrected chi connectivity index (χ3v) is 5.74. The number of carbonyl (C=O) groups excluding carboxylic acids is 3. The molecule has 1 saturated carbocycles. The van der Waals surface area contributed by atoms with Gasteiger partial charge in [-0.05, 0) is 37.8 Å². The van der Waals surface area contributed by atoms with Gasteiger partial charge in [-0.1, -0.05) is 42.5 Å². The van der Waals surface area contributed by atoms with Crippen molar-refractivity contribution in [1.29, 1.82) is 0 Å². The van der Waals surface area contributed by atoms with Crippen LogP contribution in [-0.4, -0.2) is 35.2 Å². The van der Waals surface area contributed by atoms with Crippen LogP contribution in [0, 0.1) is 5.92 Å². The lowest BCUT2D eigenvalue weighted by atomic mass is 9.89. The Balaban J connectivity index is 1.69. The molecule has 0 aromatic heterocycles. The van der Waals surface area contributed by atoms with Gasteiger partial charge in [0.1, 0.15) is 6.04 Å². The van der Waals surface area contributed by atoms with Gasteiger partial charge in [-0.25, -0.2) is 0 Å². The Kier molecular flexibility index (Phi) is 5.35. The summed E-state index contributed by atoms with van der Waals surface area (Å²) in [7, 11) is 0. The minimum atomic E-state index is -0.881. The first-order valence-corrected chi connectivity index (χ1v) is 9.30. The van der Waals surface area contributed by atoms with Crippen LogP contribution in [0.3, 0.4) is 0 Å². The third-order valence-electron chi connectivity index (χ3n) is 5.02. The summed E-state index contributed by atoms with van der Waals surface area (Å²) in [4.78, 5) is 38.5. The van der Waals surface area contributed by atoms with E-state index in [0.29, 0.717) is 12.5 Å². The maximum atomic E-state index is 12.5. The van der Waals surface area contributed by atoms with E-state index >= 15 is 0 Å². The molecule has 134 valence electrons. The number of rotatable bonds is 4. The molecule has 3 amide bonds. The minimum Gasteiger partial charge on any atom is -0.354 e. The van der Waals surface area contributed by atoms with E-state index in [2.05, 4.69) is 5.32 Å². The van der Waals surface area contributed by atoms with Gasteiger partial charge in [-0.15, -0.1) is 0 Å². The largest absolute Gasteiger partial charge is 0.354 e. The molecule has 1 fully saturated rings. The second kappa shape index (κ2) is 7.34. The highest BCUT2D eigenvalue weighted by Gasteiger charge is 2.41. The predicted octanol–water partition coefficient (Wildman–Crippen LogP) is 3.67. The van der Waals surface area contributed by atoms with E-state index in [1.165, 1.54) is 31.4 Å². The van der Waals surface area contributed by atoms with E-state index in [4.69, 9.17) is 23.2 Å². The quantitative estimate of drug-likeness (QED) is 0.807. The number of imide groups is 1.